The van der Waals surface area contributed by atoms with Crippen molar-refractivity contribution in [1.82, 2.24) is 15.1 Å². The molecule has 0 fully saturated rings. The Morgan fingerprint density at radius 1 is 1.37 bits per heavy atom. The van der Waals surface area contributed by atoms with Crippen LogP contribution in [0.4, 0.5) is 0 Å². The van der Waals surface area contributed by atoms with Crippen molar-refractivity contribution < 1.29 is 9.53 Å². The number of nitrogens with zero attached hydrogens (tertiary/aromatic N) is 2. The van der Waals surface area contributed by atoms with Gasteiger partial charge in [-0.15, -0.1) is 0 Å². The van der Waals surface area contributed by atoms with E-state index in [4.69, 9.17) is 0 Å². The molecule has 1 aromatic heterocycles. The fourth-order valence-electron chi connectivity index (χ4n) is 2.33. The largest absolute Gasteiger partial charge is 0.465 e. The summed E-state index contributed by atoms with van der Waals surface area (Å²) in [6.45, 7) is 1.61. The molecule has 1 aliphatic heterocycles. The monoisotopic (exact) mass is 257 g/mol. The zero-order valence-electron chi connectivity index (χ0n) is 10.7. The number of benzene rings is 1. The summed E-state index contributed by atoms with van der Waals surface area (Å²) in [5, 5.41) is 7.76. The third-order valence-corrected chi connectivity index (χ3v) is 3.42. The third-order valence-electron chi connectivity index (χ3n) is 3.42. The lowest BCUT2D eigenvalue weighted by Crippen LogP contribution is -2.32. The van der Waals surface area contributed by atoms with E-state index in [1.54, 1.807) is 12.1 Å². The van der Waals surface area contributed by atoms with Crippen LogP contribution in [0.15, 0.2) is 36.5 Å². The van der Waals surface area contributed by atoms with Gasteiger partial charge in [0.05, 0.1) is 31.0 Å². The molecule has 0 spiro atoms. The summed E-state index contributed by atoms with van der Waals surface area (Å²) in [6, 6.07) is 9.74. The Hall–Kier alpha value is -2.14. The van der Waals surface area contributed by atoms with Gasteiger partial charge in [-0.05, 0) is 23.8 Å². The van der Waals surface area contributed by atoms with Crippen LogP contribution in [0, 0.1) is 0 Å². The Morgan fingerprint density at radius 3 is 2.89 bits per heavy atom. The number of carbonyl (C=O) groups excluding carboxylic acids is 1. The van der Waals surface area contributed by atoms with Crippen LogP contribution in [-0.2, 0) is 17.8 Å². The van der Waals surface area contributed by atoms with E-state index in [1.807, 2.05) is 29.1 Å². The van der Waals surface area contributed by atoms with Crippen molar-refractivity contribution in [2.24, 2.45) is 0 Å². The van der Waals surface area contributed by atoms with Crippen LogP contribution < -0.4 is 5.32 Å². The molecule has 0 saturated heterocycles. The summed E-state index contributed by atoms with van der Waals surface area (Å²) in [5.41, 5.74) is 2.91. The van der Waals surface area contributed by atoms with E-state index >= 15 is 0 Å². The van der Waals surface area contributed by atoms with E-state index in [0.717, 1.165) is 18.7 Å². The molecule has 3 rings (SSSR count). The predicted molar refractivity (Wildman–Crippen MR) is 69.6 cm³/mol. The average molecular weight is 257 g/mol. The van der Waals surface area contributed by atoms with Crippen LogP contribution in [0.3, 0.4) is 0 Å². The van der Waals surface area contributed by atoms with Crippen molar-refractivity contribution in [2.75, 3.05) is 7.11 Å². The normalized spacial score (nSPS) is 17.8. The second-order valence-corrected chi connectivity index (χ2v) is 4.55. The lowest BCUT2D eigenvalue weighted by Gasteiger charge is -2.25. The van der Waals surface area contributed by atoms with Crippen LogP contribution >= 0.6 is 0 Å². The van der Waals surface area contributed by atoms with Gasteiger partial charge in [-0.1, -0.05) is 12.1 Å². The summed E-state index contributed by atoms with van der Waals surface area (Å²) >= 11 is 0. The summed E-state index contributed by atoms with van der Waals surface area (Å²) in [4.78, 5) is 11.4. The maximum Gasteiger partial charge on any atom is 0.337 e. The number of hydrogen-bond donors (Lipinski definition) is 1. The van der Waals surface area contributed by atoms with Gasteiger partial charge in [-0.25, -0.2) is 4.79 Å². The minimum Gasteiger partial charge on any atom is -0.465 e. The van der Waals surface area contributed by atoms with Crippen LogP contribution in [0.25, 0.3) is 0 Å². The van der Waals surface area contributed by atoms with Crippen molar-refractivity contribution >= 4 is 5.97 Å². The summed E-state index contributed by atoms with van der Waals surface area (Å²) in [7, 11) is 1.39. The first-order valence-corrected chi connectivity index (χ1v) is 6.20. The molecule has 1 N–H and O–H groups in total. The molecule has 0 aliphatic carbocycles. The highest BCUT2D eigenvalue weighted by atomic mass is 16.5. The number of fused-ring (bicyclic) bond motifs is 1. The van der Waals surface area contributed by atoms with Crippen molar-refractivity contribution in [1.29, 1.82) is 0 Å². The van der Waals surface area contributed by atoms with Crippen LogP contribution in [-0.4, -0.2) is 22.9 Å². The molecule has 1 aromatic carbocycles. The molecule has 2 heterocycles. The van der Waals surface area contributed by atoms with Gasteiger partial charge in [0, 0.05) is 12.7 Å². The minimum absolute atomic E-state index is 0.221. The first kappa shape index (κ1) is 11.9. The van der Waals surface area contributed by atoms with Crippen molar-refractivity contribution in [3.8, 4) is 0 Å². The van der Waals surface area contributed by atoms with Crippen molar-refractivity contribution in [3.63, 3.8) is 0 Å². The second kappa shape index (κ2) is 4.85. The highest BCUT2D eigenvalue weighted by Crippen LogP contribution is 2.21. The van der Waals surface area contributed by atoms with Gasteiger partial charge in [0.1, 0.15) is 0 Å². The lowest BCUT2D eigenvalue weighted by molar-refractivity contribution is 0.0600. The molecule has 1 aliphatic rings. The van der Waals surface area contributed by atoms with E-state index in [1.165, 1.54) is 12.8 Å². The molecule has 5 nitrogen and oxygen atoms in total. The van der Waals surface area contributed by atoms with E-state index in [9.17, 15) is 4.79 Å². The summed E-state index contributed by atoms with van der Waals surface area (Å²) in [6.07, 6.45) is 1.82. The maximum atomic E-state index is 11.4. The number of ether oxygens (including phenoxy) is 1. The molecule has 19 heavy (non-hydrogen) atoms. The van der Waals surface area contributed by atoms with Crippen LogP contribution in [0.1, 0.15) is 27.7 Å². The Kier molecular flexibility index (Phi) is 3.05. The molecule has 0 saturated carbocycles. The van der Waals surface area contributed by atoms with Gasteiger partial charge in [0.15, 0.2) is 0 Å². The first-order chi connectivity index (χ1) is 9.28. The minimum atomic E-state index is -0.308. The number of carbonyl (C=O) groups is 1. The Morgan fingerprint density at radius 2 is 2.16 bits per heavy atom. The summed E-state index contributed by atoms with van der Waals surface area (Å²) < 4.78 is 6.70. The van der Waals surface area contributed by atoms with Crippen molar-refractivity contribution in [3.05, 3.63) is 53.3 Å². The number of aromatic nitrogens is 2. The van der Waals surface area contributed by atoms with Crippen LogP contribution in [0.5, 0.6) is 0 Å². The van der Waals surface area contributed by atoms with Gasteiger partial charge in [-0.3, -0.25) is 4.68 Å². The topological polar surface area (TPSA) is 56.2 Å². The highest BCUT2D eigenvalue weighted by Gasteiger charge is 2.19. The molecule has 0 amide bonds. The van der Waals surface area contributed by atoms with Gasteiger partial charge < -0.3 is 10.1 Å². The number of hydrogen-bond acceptors (Lipinski definition) is 4. The molecule has 2 aromatic rings. The number of rotatable bonds is 2. The second-order valence-electron chi connectivity index (χ2n) is 4.55. The molecule has 0 bridgehead atoms. The molecule has 5 heteroatoms. The third kappa shape index (κ3) is 2.24. The van der Waals surface area contributed by atoms with Crippen LogP contribution in [0.2, 0.25) is 0 Å². The Balaban J connectivity index is 1.79. The quantitative estimate of drug-likeness (QED) is 0.829. The number of methoxy groups -OCH3 is 1. The van der Waals surface area contributed by atoms with Crippen molar-refractivity contribution in [2.45, 2.75) is 19.1 Å². The zero-order chi connectivity index (χ0) is 13.2. The smallest absolute Gasteiger partial charge is 0.337 e. The average Bonchev–Trinajstić information content (AvgIpc) is 2.94. The van der Waals surface area contributed by atoms with Gasteiger partial charge in [0.25, 0.3) is 0 Å². The molecule has 0 radical (unpaired) electrons. The molecule has 98 valence electrons. The first-order valence-electron chi connectivity index (χ1n) is 6.20. The molecule has 1 atom stereocenters. The lowest BCUT2D eigenvalue weighted by atomic mass is 10.0. The standard InChI is InChI=1S/C14H15N3O2/c1-19-14(18)11-4-2-10(3-5-11)13-9-17-12(8-15-13)6-7-16-17/h2-7,13,15H,8-9H2,1H3. The van der Waals surface area contributed by atoms with E-state index in [0.29, 0.717) is 5.56 Å². The van der Waals surface area contributed by atoms with E-state index < -0.39 is 0 Å². The van der Waals surface area contributed by atoms with E-state index in [-0.39, 0.29) is 12.0 Å². The molecular weight excluding hydrogens is 242 g/mol. The van der Waals surface area contributed by atoms with E-state index in [2.05, 4.69) is 15.2 Å². The fraction of sp³-hybridized carbons (Fsp3) is 0.286. The van der Waals surface area contributed by atoms with Gasteiger partial charge >= 0.3 is 5.97 Å². The number of nitrogens with one attached hydrogen (secondary N) is 1. The summed E-state index contributed by atoms with van der Waals surface area (Å²) in [5.74, 6) is -0.308. The van der Waals surface area contributed by atoms with Gasteiger partial charge in [-0.2, -0.15) is 5.10 Å². The predicted octanol–water partition coefficient (Wildman–Crippen LogP) is 1.51. The molecular formula is C14H15N3O2. The Bertz CT molecular complexity index is 589. The zero-order valence-corrected chi connectivity index (χ0v) is 10.7. The highest BCUT2D eigenvalue weighted by molar-refractivity contribution is 5.89. The number of esters is 1. The Labute approximate surface area is 111 Å². The SMILES string of the molecule is COC(=O)c1ccc(C2Cn3nccc3CN2)cc1. The molecule has 1 unspecified atom stereocenters. The maximum absolute atomic E-state index is 11.4. The fourth-order valence-corrected chi connectivity index (χ4v) is 2.33. The van der Waals surface area contributed by atoms with Gasteiger partial charge in [0.2, 0.25) is 0 Å².